The van der Waals surface area contributed by atoms with E-state index >= 15 is 0 Å². The summed E-state index contributed by atoms with van der Waals surface area (Å²) in [7, 11) is 0. The second-order valence-electron chi connectivity index (χ2n) is 4.27. The lowest BCUT2D eigenvalue weighted by molar-refractivity contribution is -0.122. The lowest BCUT2D eigenvalue weighted by Crippen LogP contribution is -2.34. The van der Waals surface area contributed by atoms with Crippen LogP contribution in [0.2, 0.25) is 0 Å². The van der Waals surface area contributed by atoms with Gasteiger partial charge in [-0.05, 0) is 43.2 Å². The summed E-state index contributed by atoms with van der Waals surface area (Å²) in [5, 5.41) is 4.99. The molecule has 4 heteroatoms. The topological polar surface area (TPSA) is 29.1 Å². The van der Waals surface area contributed by atoms with Crippen molar-refractivity contribution >= 4 is 28.8 Å². The van der Waals surface area contributed by atoms with Crippen LogP contribution in [0.1, 0.15) is 36.1 Å². The van der Waals surface area contributed by atoms with E-state index in [0.29, 0.717) is 6.54 Å². The van der Waals surface area contributed by atoms with E-state index < -0.39 is 0 Å². The fourth-order valence-electron chi connectivity index (χ4n) is 2.12. The molecule has 2 rings (SSSR count). The summed E-state index contributed by atoms with van der Waals surface area (Å²) in [6, 6.07) is 2.09. The van der Waals surface area contributed by atoms with Crippen LogP contribution in [-0.2, 0) is 11.2 Å². The van der Waals surface area contributed by atoms with Gasteiger partial charge in [0.25, 0.3) is 0 Å². The van der Waals surface area contributed by atoms with Gasteiger partial charge in [0.1, 0.15) is 0 Å². The van der Waals surface area contributed by atoms with E-state index in [1.54, 1.807) is 11.3 Å². The number of carbonyl (C=O) groups excluding carboxylic acids is 1. The largest absolute Gasteiger partial charge is 0.354 e. The van der Waals surface area contributed by atoms with Crippen molar-refractivity contribution in [3.63, 3.8) is 0 Å². The van der Waals surface area contributed by atoms with Gasteiger partial charge in [0.2, 0.25) is 5.91 Å². The third-order valence-corrected chi connectivity index (χ3v) is 4.08. The van der Waals surface area contributed by atoms with Gasteiger partial charge < -0.3 is 5.32 Å². The minimum absolute atomic E-state index is 0.00511. The zero-order valence-electron chi connectivity index (χ0n) is 9.33. The molecule has 0 fully saturated rings. The smallest absolute Gasteiger partial charge is 0.227 e. The maximum atomic E-state index is 12.0. The van der Waals surface area contributed by atoms with Crippen molar-refractivity contribution in [2.75, 3.05) is 6.54 Å². The number of aryl methyl sites for hydroxylation is 1. The summed E-state index contributed by atoms with van der Waals surface area (Å²) < 4.78 is 0. The van der Waals surface area contributed by atoms with Crippen LogP contribution in [0, 0.1) is 0 Å². The maximum Gasteiger partial charge on any atom is 0.227 e. The van der Waals surface area contributed by atoms with Crippen molar-refractivity contribution in [2.24, 2.45) is 0 Å². The van der Waals surface area contributed by atoms with Gasteiger partial charge in [0.15, 0.2) is 0 Å². The number of halogens is 1. The average molecular weight is 258 g/mol. The number of amides is 1. The quantitative estimate of drug-likeness (QED) is 0.829. The number of hydrogen-bond acceptors (Lipinski definition) is 2. The Labute approximate surface area is 105 Å². The van der Waals surface area contributed by atoms with E-state index in [4.69, 9.17) is 11.6 Å². The molecule has 88 valence electrons. The molecule has 0 saturated carbocycles. The van der Waals surface area contributed by atoms with E-state index in [9.17, 15) is 4.79 Å². The van der Waals surface area contributed by atoms with Gasteiger partial charge in [0.05, 0.1) is 5.92 Å². The van der Waals surface area contributed by atoms with E-state index in [1.165, 1.54) is 10.4 Å². The van der Waals surface area contributed by atoms with Crippen LogP contribution in [0.3, 0.4) is 0 Å². The standard InChI is InChI=1S/C12H16ClNOS/c1-8(13)7-14-12(15)10-3-2-4-11-9(10)5-6-16-11/h5-6,8,10H,2-4,7H2,1H3,(H,14,15). The van der Waals surface area contributed by atoms with Crippen molar-refractivity contribution in [3.8, 4) is 0 Å². The summed E-state index contributed by atoms with van der Waals surface area (Å²) in [5.41, 5.74) is 1.23. The number of hydrogen-bond donors (Lipinski definition) is 1. The Kier molecular flexibility index (Phi) is 3.87. The Morgan fingerprint density at radius 3 is 3.31 bits per heavy atom. The van der Waals surface area contributed by atoms with Gasteiger partial charge in [0, 0.05) is 16.8 Å². The summed E-state index contributed by atoms with van der Waals surface area (Å²) in [5.74, 6) is 0.178. The molecule has 16 heavy (non-hydrogen) atoms. The fraction of sp³-hybridized carbons (Fsp3) is 0.583. The summed E-state index contributed by atoms with van der Waals surface area (Å²) in [4.78, 5) is 13.4. The third-order valence-electron chi connectivity index (χ3n) is 2.93. The Morgan fingerprint density at radius 2 is 2.56 bits per heavy atom. The summed E-state index contributed by atoms with van der Waals surface area (Å²) in [6.07, 6.45) is 3.21. The molecular formula is C12H16ClNOS. The third kappa shape index (κ3) is 2.58. The first-order valence-electron chi connectivity index (χ1n) is 5.66. The predicted molar refractivity (Wildman–Crippen MR) is 68.3 cm³/mol. The van der Waals surface area contributed by atoms with Crippen LogP contribution >= 0.6 is 22.9 Å². The monoisotopic (exact) mass is 257 g/mol. The average Bonchev–Trinajstić information content (AvgIpc) is 2.73. The molecule has 2 atom stereocenters. The normalized spacial score (nSPS) is 21.2. The molecule has 0 aliphatic heterocycles. The molecule has 1 aliphatic rings. The van der Waals surface area contributed by atoms with Crippen molar-refractivity contribution in [3.05, 3.63) is 21.9 Å². The number of thiophene rings is 1. The zero-order chi connectivity index (χ0) is 11.5. The zero-order valence-corrected chi connectivity index (χ0v) is 10.9. The Hall–Kier alpha value is -0.540. The highest BCUT2D eigenvalue weighted by Gasteiger charge is 2.26. The van der Waals surface area contributed by atoms with Gasteiger partial charge in [-0.15, -0.1) is 22.9 Å². The molecular weight excluding hydrogens is 242 g/mol. The number of alkyl halides is 1. The van der Waals surface area contributed by atoms with Crippen molar-refractivity contribution in [1.82, 2.24) is 5.32 Å². The first-order valence-corrected chi connectivity index (χ1v) is 6.98. The summed E-state index contributed by atoms with van der Waals surface area (Å²) >= 11 is 7.59. The molecule has 0 bridgehead atoms. The van der Waals surface area contributed by atoms with Gasteiger partial charge in [-0.25, -0.2) is 0 Å². The van der Waals surface area contributed by atoms with E-state index in [-0.39, 0.29) is 17.2 Å². The lowest BCUT2D eigenvalue weighted by Gasteiger charge is -2.22. The minimum Gasteiger partial charge on any atom is -0.354 e. The first-order chi connectivity index (χ1) is 7.68. The maximum absolute atomic E-state index is 12.0. The molecule has 1 aliphatic carbocycles. The second-order valence-corrected chi connectivity index (χ2v) is 6.02. The lowest BCUT2D eigenvalue weighted by atomic mass is 9.87. The van der Waals surface area contributed by atoms with Crippen LogP contribution < -0.4 is 5.32 Å². The van der Waals surface area contributed by atoms with E-state index in [1.807, 2.05) is 6.92 Å². The molecule has 1 aromatic rings. The second kappa shape index (κ2) is 5.19. The Morgan fingerprint density at radius 1 is 1.75 bits per heavy atom. The molecule has 2 nitrogen and oxygen atoms in total. The van der Waals surface area contributed by atoms with Crippen LogP contribution in [0.5, 0.6) is 0 Å². The number of nitrogens with one attached hydrogen (secondary N) is 1. The highest BCUT2D eigenvalue weighted by Crippen LogP contribution is 2.34. The molecule has 2 unspecified atom stereocenters. The predicted octanol–water partition coefficient (Wildman–Crippen LogP) is 2.91. The molecule has 0 radical (unpaired) electrons. The van der Waals surface area contributed by atoms with Crippen LogP contribution in [0.25, 0.3) is 0 Å². The molecule has 1 aromatic heterocycles. The molecule has 0 aromatic carbocycles. The van der Waals surface area contributed by atoms with Crippen molar-refractivity contribution < 1.29 is 4.79 Å². The van der Waals surface area contributed by atoms with E-state index in [0.717, 1.165) is 19.3 Å². The van der Waals surface area contributed by atoms with E-state index in [2.05, 4.69) is 16.8 Å². The van der Waals surface area contributed by atoms with Gasteiger partial charge >= 0.3 is 0 Å². The fourth-order valence-corrected chi connectivity index (χ4v) is 3.19. The highest BCUT2D eigenvalue weighted by atomic mass is 35.5. The number of carbonyl (C=O) groups is 1. The van der Waals surface area contributed by atoms with Crippen molar-refractivity contribution in [2.45, 2.75) is 37.5 Å². The summed E-state index contributed by atoms with van der Waals surface area (Å²) in [6.45, 7) is 2.44. The molecule has 0 saturated heterocycles. The Balaban J connectivity index is 2.03. The minimum atomic E-state index is -0.00511. The highest BCUT2D eigenvalue weighted by molar-refractivity contribution is 7.10. The SMILES string of the molecule is CC(Cl)CNC(=O)C1CCCc2sccc21. The van der Waals surface area contributed by atoms with Crippen LogP contribution in [-0.4, -0.2) is 17.8 Å². The number of fused-ring (bicyclic) bond motifs is 1. The number of rotatable bonds is 3. The van der Waals surface area contributed by atoms with Gasteiger partial charge in [-0.1, -0.05) is 0 Å². The Bertz CT molecular complexity index is 375. The van der Waals surface area contributed by atoms with Crippen molar-refractivity contribution in [1.29, 1.82) is 0 Å². The molecule has 1 heterocycles. The van der Waals surface area contributed by atoms with Crippen LogP contribution in [0.15, 0.2) is 11.4 Å². The molecule has 1 N–H and O–H groups in total. The van der Waals surface area contributed by atoms with Gasteiger partial charge in [-0.2, -0.15) is 0 Å². The first kappa shape index (κ1) is 11.9. The molecule has 1 amide bonds. The molecule has 0 spiro atoms. The van der Waals surface area contributed by atoms with Gasteiger partial charge in [-0.3, -0.25) is 4.79 Å². The van der Waals surface area contributed by atoms with Crippen LogP contribution in [0.4, 0.5) is 0 Å².